The molecule has 0 atom stereocenters. The Labute approximate surface area is 109 Å². The topological polar surface area (TPSA) is 84.3 Å². The first-order valence-corrected chi connectivity index (χ1v) is 5.76. The van der Waals surface area contributed by atoms with Gasteiger partial charge in [-0.25, -0.2) is 0 Å². The zero-order valence-electron chi connectivity index (χ0n) is 9.90. The van der Waals surface area contributed by atoms with E-state index in [0.717, 1.165) is 5.56 Å². The second-order valence-corrected chi connectivity index (χ2v) is 4.11. The molecule has 18 heavy (non-hydrogen) atoms. The third-order valence-corrected chi connectivity index (χ3v) is 2.53. The fourth-order valence-corrected chi connectivity index (χ4v) is 1.55. The van der Waals surface area contributed by atoms with Crippen molar-refractivity contribution in [1.82, 2.24) is 10.6 Å². The van der Waals surface area contributed by atoms with Crippen molar-refractivity contribution in [3.63, 3.8) is 0 Å². The summed E-state index contributed by atoms with van der Waals surface area (Å²) in [4.78, 5) is 20.8. The number of nitrogens with zero attached hydrogens (tertiary/aromatic N) is 1. The predicted octanol–water partition coefficient (Wildman–Crippen LogP) is 1.47. The van der Waals surface area contributed by atoms with Crippen LogP contribution in [0.2, 0.25) is 5.02 Å². The van der Waals surface area contributed by atoms with Crippen molar-refractivity contribution in [2.75, 3.05) is 13.1 Å². The lowest BCUT2D eigenvalue weighted by Gasteiger charge is -2.06. The first-order valence-electron chi connectivity index (χ1n) is 5.38. The van der Waals surface area contributed by atoms with Crippen LogP contribution in [0.15, 0.2) is 18.2 Å². The summed E-state index contributed by atoms with van der Waals surface area (Å²) < 4.78 is 0. The van der Waals surface area contributed by atoms with Crippen LogP contribution in [0.4, 0.5) is 5.69 Å². The summed E-state index contributed by atoms with van der Waals surface area (Å²) >= 11 is 5.70. The fourth-order valence-electron chi connectivity index (χ4n) is 1.37. The van der Waals surface area contributed by atoms with Gasteiger partial charge in [0.15, 0.2) is 0 Å². The molecule has 0 saturated carbocycles. The van der Waals surface area contributed by atoms with Gasteiger partial charge in [0, 0.05) is 32.6 Å². The highest BCUT2D eigenvalue weighted by atomic mass is 35.5. The number of amides is 1. The van der Waals surface area contributed by atoms with Crippen molar-refractivity contribution in [1.29, 1.82) is 0 Å². The Bertz CT molecular complexity index is 451. The number of nitrogens with one attached hydrogen (secondary N) is 2. The molecule has 0 saturated heterocycles. The van der Waals surface area contributed by atoms with E-state index in [9.17, 15) is 14.9 Å². The number of carbonyl (C=O) groups excluding carboxylic acids is 1. The van der Waals surface area contributed by atoms with Crippen LogP contribution in [0.3, 0.4) is 0 Å². The molecular formula is C11H14ClN3O3. The molecule has 1 rings (SSSR count). The maximum atomic E-state index is 10.7. The normalized spacial score (nSPS) is 10.1. The minimum atomic E-state index is -0.511. The largest absolute Gasteiger partial charge is 0.355 e. The number of carbonyl (C=O) groups is 1. The Balaban J connectivity index is 2.45. The van der Waals surface area contributed by atoms with E-state index in [-0.39, 0.29) is 16.6 Å². The second kappa shape index (κ2) is 6.93. The predicted molar refractivity (Wildman–Crippen MR) is 68.5 cm³/mol. The van der Waals surface area contributed by atoms with Crippen LogP contribution in [-0.4, -0.2) is 23.9 Å². The SMILES string of the molecule is CC(=O)NCCNCc1ccc(Cl)c([N+](=O)[O-])c1. The van der Waals surface area contributed by atoms with Crippen molar-refractivity contribution in [3.05, 3.63) is 38.9 Å². The van der Waals surface area contributed by atoms with E-state index in [1.807, 2.05) is 0 Å². The molecule has 0 spiro atoms. The summed E-state index contributed by atoms with van der Waals surface area (Å²) in [6.45, 7) is 3.04. The average molecular weight is 272 g/mol. The second-order valence-electron chi connectivity index (χ2n) is 3.70. The molecule has 0 radical (unpaired) electrons. The molecular weight excluding hydrogens is 258 g/mol. The Morgan fingerprint density at radius 1 is 1.44 bits per heavy atom. The lowest BCUT2D eigenvalue weighted by Crippen LogP contribution is -2.29. The smallest absolute Gasteiger partial charge is 0.288 e. The molecule has 0 aliphatic rings. The number of halogens is 1. The first-order chi connectivity index (χ1) is 8.50. The summed E-state index contributed by atoms with van der Waals surface area (Å²) in [6, 6.07) is 4.67. The number of hydrogen-bond donors (Lipinski definition) is 2. The zero-order valence-corrected chi connectivity index (χ0v) is 10.7. The molecule has 98 valence electrons. The number of rotatable bonds is 6. The van der Waals surface area contributed by atoms with Crippen LogP contribution in [-0.2, 0) is 11.3 Å². The summed E-state index contributed by atoms with van der Waals surface area (Å²) in [5.74, 6) is -0.0843. The molecule has 0 aromatic heterocycles. The van der Waals surface area contributed by atoms with E-state index in [4.69, 9.17) is 11.6 Å². The molecule has 0 heterocycles. The van der Waals surface area contributed by atoms with E-state index in [2.05, 4.69) is 10.6 Å². The van der Waals surface area contributed by atoms with Gasteiger partial charge in [-0.15, -0.1) is 0 Å². The van der Waals surface area contributed by atoms with Gasteiger partial charge in [-0.3, -0.25) is 14.9 Å². The van der Waals surface area contributed by atoms with E-state index in [1.165, 1.54) is 19.1 Å². The number of hydrogen-bond acceptors (Lipinski definition) is 4. The molecule has 0 bridgehead atoms. The van der Waals surface area contributed by atoms with Gasteiger partial charge < -0.3 is 10.6 Å². The molecule has 0 aliphatic carbocycles. The molecule has 1 amide bonds. The summed E-state index contributed by atoms with van der Waals surface area (Å²) in [6.07, 6.45) is 0. The molecule has 7 heteroatoms. The molecule has 2 N–H and O–H groups in total. The van der Waals surface area contributed by atoms with Crippen molar-refractivity contribution < 1.29 is 9.72 Å². The van der Waals surface area contributed by atoms with Gasteiger partial charge in [0.1, 0.15) is 5.02 Å². The van der Waals surface area contributed by atoms with E-state index >= 15 is 0 Å². The first kappa shape index (κ1) is 14.4. The molecule has 0 unspecified atom stereocenters. The van der Waals surface area contributed by atoms with Crippen LogP contribution < -0.4 is 10.6 Å². The van der Waals surface area contributed by atoms with Crippen LogP contribution in [0, 0.1) is 10.1 Å². The molecule has 0 aliphatic heterocycles. The summed E-state index contributed by atoms with van der Waals surface area (Å²) in [5, 5.41) is 16.5. The third-order valence-electron chi connectivity index (χ3n) is 2.21. The molecule has 0 fully saturated rings. The van der Waals surface area contributed by atoms with E-state index < -0.39 is 4.92 Å². The van der Waals surface area contributed by atoms with Crippen LogP contribution >= 0.6 is 11.6 Å². The lowest BCUT2D eigenvalue weighted by molar-refractivity contribution is -0.384. The van der Waals surface area contributed by atoms with Gasteiger partial charge in [0.25, 0.3) is 5.69 Å². The van der Waals surface area contributed by atoms with Gasteiger partial charge in [0.05, 0.1) is 4.92 Å². The number of nitro benzene ring substituents is 1. The number of nitro groups is 1. The van der Waals surface area contributed by atoms with Gasteiger partial charge in [0.2, 0.25) is 5.91 Å². The Morgan fingerprint density at radius 2 is 2.17 bits per heavy atom. The van der Waals surface area contributed by atoms with Crippen molar-refractivity contribution in [2.45, 2.75) is 13.5 Å². The van der Waals surface area contributed by atoms with Crippen molar-refractivity contribution in [2.24, 2.45) is 0 Å². The van der Waals surface area contributed by atoms with Gasteiger partial charge in [-0.2, -0.15) is 0 Å². The van der Waals surface area contributed by atoms with Gasteiger partial charge in [-0.05, 0) is 11.6 Å². The van der Waals surface area contributed by atoms with E-state index in [1.54, 1.807) is 6.07 Å². The molecule has 6 nitrogen and oxygen atoms in total. The third kappa shape index (κ3) is 4.68. The minimum absolute atomic E-state index is 0.0843. The summed E-state index contributed by atoms with van der Waals surface area (Å²) in [7, 11) is 0. The van der Waals surface area contributed by atoms with Gasteiger partial charge in [-0.1, -0.05) is 17.7 Å². The highest BCUT2D eigenvalue weighted by Gasteiger charge is 2.12. The van der Waals surface area contributed by atoms with Crippen molar-refractivity contribution in [3.8, 4) is 0 Å². The van der Waals surface area contributed by atoms with Crippen LogP contribution in [0.25, 0.3) is 0 Å². The van der Waals surface area contributed by atoms with Crippen molar-refractivity contribution >= 4 is 23.2 Å². The summed E-state index contributed by atoms with van der Waals surface area (Å²) in [5.41, 5.74) is 0.673. The molecule has 1 aromatic rings. The van der Waals surface area contributed by atoms with Gasteiger partial charge >= 0.3 is 0 Å². The molecule has 1 aromatic carbocycles. The Morgan fingerprint density at radius 3 is 2.78 bits per heavy atom. The van der Waals surface area contributed by atoms with Crippen LogP contribution in [0.1, 0.15) is 12.5 Å². The maximum Gasteiger partial charge on any atom is 0.288 e. The minimum Gasteiger partial charge on any atom is -0.355 e. The monoisotopic (exact) mass is 271 g/mol. The van der Waals surface area contributed by atoms with Crippen LogP contribution in [0.5, 0.6) is 0 Å². The zero-order chi connectivity index (χ0) is 13.5. The Kier molecular flexibility index (Phi) is 5.54. The highest BCUT2D eigenvalue weighted by Crippen LogP contribution is 2.24. The quantitative estimate of drug-likeness (QED) is 0.466. The maximum absolute atomic E-state index is 10.7. The fraction of sp³-hybridized carbons (Fsp3) is 0.364. The lowest BCUT2D eigenvalue weighted by atomic mass is 10.2. The highest BCUT2D eigenvalue weighted by molar-refractivity contribution is 6.32. The number of benzene rings is 1. The standard InChI is InChI=1S/C11H14ClN3O3/c1-8(16)14-5-4-13-7-9-2-3-10(12)11(6-9)15(17)18/h2-3,6,13H,4-5,7H2,1H3,(H,14,16). The van der Waals surface area contributed by atoms with E-state index in [0.29, 0.717) is 19.6 Å². The average Bonchev–Trinajstić information content (AvgIpc) is 2.30. The Hall–Kier alpha value is -1.66.